The number of benzene rings is 2. The van der Waals surface area contributed by atoms with Crippen LogP contribution in [0.25, 0.3) is 21.0 Å². The van der Waals surface area contributed by atoms with Gasteiger partial charge in [-0.15, -0.1) is 11.3 Å². The molecule has 4 aromatic rings. The van der Waals surface area contributed by atoms with Crippen LogP contribution in [0.1, 0.15) is 34.3 Å². The maximum absolute atomic E-state index is 13.2. The fourth-order valence-corrected chi connectivity index (χ4v) is 4.95. The molecule has 1 saturated heterocycles. The first-order valence-electron chi connectivity index (χ1n) is 9.33. The number of hydrogen-bond acceptors (Lipinski definition) is 5. The second-order valence-electron chi connectivity index (χ2n) is 7.06. The Morgan fingerprint density at radius 1 is 1.11 bits per heavy atom. The smallest absolute Gasteiger partial charge is 0.274 e. The summed E-state index contributed by atoms with van der Waals surface area (Å²) in [5, 5.41) is 8.70. The molecular formula is C21H18N4O2S. The number of piperidine rings is 1. The summed E-state index contributed by atoms with van der Waals surface area (Å²) in [6.45, 7) is 1.31. The van der Waals surface area contributed by atoms with Gasteiger partial charge >= 0.3 is 0 Å². The molecule has 6 nitrogen and oxygen atoms in total. The fraction of sp³-hybridized carbons (Fsp3) is 0.238. The number of fused-ring (bicyclic) bond motifs is 2. The number of nitrogens with one attached hydrogen (secondary N) is 1. The maximum atomic E-state index is 13.2. The number of nitrogens with zero attached hydrogens (tertiary/aromatic N) is 3. The first kappa shape index (κ1) is 17.1. The van der Waals surface area contributed by atoms with E-state index in [4.69, 9.17) is 4.98 Å². The van der Waals surface area contributed by atoms with Crippen molar-refractivity contribution in [3.63, 3.8) is 0 Å². The van der Waals surface area contributed by atoms with Crippen LogP contribution in [0.3, 0.4) is 0 Å². The number of amides is 1. The van der Waals surface area contributed by atoms with E-state index < -0.39 is 0 Å². The summed E-state index contributed by atoms with van der Waals surface area (Å²) in [6, 6.07) is 15.2. The van der Waals surface area contributed by atoms with Crippen molar-refractivity contribution in [1.29, 1.82) is 0 Å². The Morgan fingerprint density at radius 2 is 1.89 bits per heavy atom. The van der Waals surface area contributed by atoms with E-state index in [1.807, 2.05) is 29.2 Å². The zero-order valence-corrected chi connectivity index (χ0v) is 15.9. The Kier molecular flexibility index (Phi) is 4.16. The normalized spacial score (nSPS) is 17.3. The van der Waals surface area contributed by atoms with E-state index in [0.29, 0.717) is 29.6 Å². The molecule has 1 atom stereocenters. The van der Waals surface area contributed by atoms with Crippen molar-refractivity contribution in [2.75, 3.05) is 13.1 Å². The minimum atomic E-state index is -0.279. The molecule has 1 N–H and O–H groups in total. The Bertz CT molecular complexity index is 1210. The topological polar surface area (TPSA) is 79.0 Å². The molecule has 1 aliphatic heterocycles. The average Bonchev–Trinajstić information content (AvgIpc) is 3.18. The molecule has 5 rings (SSSR count). The molecule has 1 amide bonds. The Balaban J connectivity index is 1.46. The van der Waals surface area contributed by atoms with E-state index in [-0.39, 0.29) is 17.4 Å². The lowest BCUT2D eigenvalue weighted by Gasteiger charge is -2.31. The molecule has 0 spiro atoms. The van der Waals surface area contributed by atoms with Gasteiger partial charge in [-0.1, -0.05) is 30.3 Å². The first-order valence-corrected chi connectivity index (χ1v) is 10.1. The van der Waals surface area contributed by atoms with Gasteiger partial charge in [-0.2, -0.15) is 5.10 Å². The van der Waals surface area contributed by atoms with Crippen molar-refractivity contribution in [1.82, 2.24) is 20.1 Å². The molecule has 28 heavy (non-hydrogen) atoms. The lowest BCUT2D eigenvalue weighted by atomic mass is 9.98. The molecule has 2 aromatic carbocycles. The molecule has 0 aliphatic carbocycles. The van der Waals surface area contributed by atoms with Crippen LogP contribution in [-0.2, 0) is 0 Å². The minimum Gasteiger partial charge on any atom is -0.337 e. The molecule has 0 bridgehead atoms. The van der Waals surface area contributed by atoms with Crippen molar-refractivity contribution in [2.45, 2.75) is 18.8 Å². The zero-order valence-electron chi connectivity index (χ0n) is 15.1. The van der Waals surface area contributed by atoms with Crippen LogP contribution in [0.15, 0.2) is 53.3 Å². The predicted octanol–water partition coefficient (Wildman–Crippen LogP) is 3.55. The Morgan fingerprint density at radius 3 is 2.75 bits per heavy atom. The van der Waals surface area contributed by atoms with Crippen molar-refractivity contribution in [2.24, 2.45) is 0 Å². The van der Waals surface area contributed by atoms with Crippen LogP contribution in [-0.4, -0.2) is 39.1 Å². The molecule has 0 radical (unpaired) electrons. The molecule has 0 saturated carbocycles. The number of thiazole rings is 1. The molecular weight excluding hydrogens is 372 g/mol. The second-order valence-corrected chi connectivity index (χ2v) is 8.12. The number of rotatable bonds is 2. The molecule has 1 aliphatic rings. The van der Waals surface area contributed by atoms with Gasteiger partial charge in [-0.05, 0) is 31.0 Å². The quantitative estimate of drug-likeness (QED) is 0.568. The van der Waals surface area contributed by atoms with Gasteiger partial charge in [0.15, 0.2) is 5.69 Å². The highest BCUT2D eigenvalue weighted by atomic mass is 32.1. The van der Waals surface area contributed by atoms with Crippen molar-refractivity contribution < 1.29 is 4.79 Å². The minimum absolute atomic E-state index is 0.140. The van der Waals surface area contributed by atoms with E-state index in [1.165, 1.54) is 4.70 Å². The van der Waals surface area contributed by atoms with Gasteiger partial charge in [0.05, 0.1) is 20.6 Å². The lowest BCUT2D eigenvalue weighted by Crippen LogP contribution is -2.40. The van der Waals surface area contributed by atoms with E-state index in [9.17, 15) is 9.59 Å². The highest BCUT2D eigenvalue weighted by molar-refractivity contribution is 7.18. The summed E-state index contributed by atoms with van der Waals surface area (Å²) in [5.41, 5.74) is 1.04. The summed E-state index contributed by atoms with van der Waals surface area (Å²) in [6.07, 6.45) is 1.94. The molecule has 3 heterocycles. The molecule has 140 valence electrons. The zero-order chi connectivity index (χ0) is 19.1. The van der Waals surface area contributed by atoms with E-state index in [1.54, 1.807) is 29.5 Å². The van der Waals surface area contributed by atoms with Crippen LogP contribution in [0.2, 0.25) is 0 Å². The second kappa shape index (κ2) is 6.83. The summed E-state index contributed by atoms with van der Waals surface area (Å²) < 4.78 is 1.18. The molecule has 0 unspecified atom stereocenters. The van der Waals surface area contributed by atoms with Crippen LogP contribution < -0.4 is 5.56 Å². The lowest BCUT2D eigenvalue weighted by molar-refractivity contribution is 0.0702. The SMILES string of the molecule is O=C(c1n[nH]c(=O)c2ccccc12)N1CCC[C@@H](c2nc3ccccc3s2)C1. The fourth-order valence-electron chi connectivity index (χ4n) is 3.86. The van der Waals surface area contributed by atoms with Gasteiger partial charge in [0.25, 0.3) is 11.5 Å². The maximum Gasteiger partial charge on any atom is 0.274 e. The third-order valence-electron chi connectivity index (χ3n) is 5.27. The van der Waals surface area contributed by atoms with Gasteiger partial charge in [0, 0.05) is 24.4 Å². The predicted molar refractivity (Wildman–Crippen MR) is 110 cm³/mol. The standard InChI is InChI=1S/C21H18N4O2S/c26-19-15-8-2-1-7-14(15)18(23-24-19)21(27)25-11-5-6-13(12-25)20-22-16-9-3-4-10-17(16)28-20/h1-4,7-10,13H,5-6,11-12H2,(H,24,26)/t13-/m1/s1. The number of hydrogen-bond donors (Lipinski definition) is 1. The third kappa shape index (κ3) is 2.88. The first-order chi connectivity index (χ1) is 13.7. The van der Waals surface area contributed by atoms with Gasteiger partial charge in [-0.3, -0.25) is 9.59 Å². The average molecular weight is 390 g/mol. The number of carbonyl (C=O) groups is 1. The largest absolute Gasteiger partial charge is 0.337 e. The number of likely N-dealkylation sites (tertiary alicyclic amines) is 1. The van der Waals surface area contributed by atoms with E-state index >= 15 is 0 Å². The summed E-state index contributed by atoms with van der Waals surface area (Å²) in [7, 11) is 0. The Labute approximate surface area is 164 Å². The van der Waals surface area contributed by atoms with Gasteiger partial charge in [0.2, 0.25) is 0 Å². The highest BCUT2D eigenvalue weighted by Crippen LogP contribution is 2.33. The number of aromatic nitrogens is 3. The van der Waals surface area contributed by atoms with Crippen LogP contribution in [0.5, 0.6) is 0 Å². The molecule has 2 aromatic heterocycles. The van der Waals surface area contributed by atoms with Gasteiger partial charge < -0.3 is 4.90 Å². The monoisotopic (exact) mass is 390 g/mol. The van der Waals surface area contributed by atoms with Crippen molar-refractivity contribution >= 4 is 38.2 Å². The summed E-state index contributed by atoms with van der Waals surface area (Å²) >= 11 is 1.71. The van der Waals surface area contributed by atoms with E-state index in [0.717, 1.165) is 23.4 Å². The molecule has 7 heteroatoms. The van der Waals surface area contributed by atoms with Gasteiger partial charge in [-0.25, -0.2) is 10.1 Å². The van der Waals surface area contributed by atoms with Crippen molar-refractivity contribution in [3.05, 3.63) is 69.6 Å². The third-order valence-corrected chi connectivity index (χ3v) is 6.47. The van der Waals surface area contributed by atoms with Crippen LogP contribution >= 0.6 is 11.3 Å². The van der Waals surface area contributed by atoms with Crippen LogP contribution in [0, 0.1) is 0 Å². The number of para-hydroxylation sites is 1. The number of aromatic amines is 1. The summed E-state index contributed by atoms with van der Waals surface area (Å²) in [4.78, 5) is 31.8. The van der Waals surface area contributed by atoms with E-state index in [2.05, 4.69) is 16.3 Å². The van der Waals surface area contributed by atoms with Crippen molar-refractivity contribution in [3.8, 4) is 0 Å². The number of H-pyrrole nitrogens is 1. The Hall–Kier alpha value is -3.06. The summed E-state index contributed by atoms with van der Waals surface area (Å²) in [5.74, 6) is 0.0855. The number of carbonyl (C=O) groups excluding carboxylic acids is 1. The van der Waals surface area contributed by atoms with Gasteiger partial charge in [0.1, 0.15) is 0 Å². The highest BCUT2D eigenvalue weighted by Gasteiger charge is 2.29. The van der Waals surface area contributed by atoms with Crippen LogP contribution in [0.4, 0.5) is 0 Å². The molecule has 1 fully saturated rings.